The summed E-state index contributed by atoms with van der Waals surface area (Å²) in [6.45, 7) is 3.97. The smallest absolute Gasteiger partial charge is 0.257 e. The summed E-state index contributed by atoms with van der Waals surface area (Å²) in [6, 6.07) is 3.36. The third-order valence-electron chi connectivity index (χ3n) is 3.22. The lowest BCUT2D eigenvalue weighted by Gasteiger charge is -2.11. The van der Waals surface area contributed by atoms with Gasteiger partial charge in [0.15, 0.2) is 0 Å². The van der Waals surface area contributed by atoms with E-state index in [0.717, 1.165) is 5.69 Å². The maximum absolute atomic E-state index is 12.4. The van der Waals surface area contributed by atoms with E-state index in [9.17, 15) is 14.4 Å². The molecular weight excluding hydrogens is 286 g/mol. The van der Waals surface area contributed by atoms with Gasteiger partial charge >= 0.3 is 0 Å². The Morgan fingerprint density at radius 1 is 1.36 bits per heavy atom. The van der Waals surface area contributed by atoms with Gasteiger partial charge in [0.25, 0.3) is 11.8 Å². The summed E-state index contributed by atoms with van der Waals surface area (Å²) in [5, 5.41) is 2.72. The molecule has 0 saturated carbocycles. The molecule has 2 amide bonds. The highest BCUT2D eigenvalue weighted by Crippen LogP contribution is 2.10. The van der Waals surface area contributed by atoms with Crippen LogP contribution in [0, 0.1) is 6.92 Å². The number of nitrogens with two attached hydrogens (primary N) is 1. The summed E-state index contributed by atoms with van der Waals surface area (Å²) in [7, 11) is 0. The van der Waals surface area contributed by atoms with E-state index in [0.29, 0.717) is 17.6 Å². The van der Waals surface area contributed by atoms with Crippen LogP contribution in [0.25, 0.3) is 11.0 Å². The summed E-state index contributed by atoms with van der Waals surface area (Å²) < 4.78 is 1.72. The molecule has 0 unspecified atom stereocenters. The molecule has 0 aliphatic carbocycles. The predicted molar refractivity (Wildman–Crippen MR) is 81.1 cm³/mol. The molecule has 0 radical (unpaired) electrons. The van der Waals surface area contributed by atoms with Gasteiger partial charge < -0.3 is 9.88 Å². The Morgan fingerprint density at radius 3 is 2.73 bits per heavy atom. The SMILES string of the molecule is CCn1cc(C(=O)NCC(=O)NN)c(=O)c2ccc(C)nc21. The Kier molecular flexibility index (Phi) is 4.52. The van der Waals surface area contributed by atoms with Crippen LogP contribution in [0.3, 0.4) is 0 Å². The van der Waals surface area contributed by atoms with Crippen LogP contribution < -0.4 is 22.0 Å². The number of amides is 2. The Morgan fingerprint density at radius 2 is 2.09 bits per heavy atom. The molecule has 0 spiro atoms. The maximum Gasteiger partial charge on any atom is 0.257 e. The number of fused-ring (bicyclic) bond motifs is 1. The van der Waals surface area contributed by atoms with Crippen molar-refractivity contribution in [3.05, 3.63) is 39.8 Å². The lowest BCUT2D eigenvalue weighted by Crippen LogP contribution is -2.41. The second-order valence-electron chi connectivity index (χ2n) is 4.73. The highest BCUT2D eigenvalue weighted by Gasteiger charge is 2.16. The largest absolute Gasteiger partial charge is 0.343 e. The van der Waals surface area contributed by atoms with Gasteiger partial charge in [-0.1, -0.05) is 0 Å². The van der Waals surface area contributed by atoms with Gasteiger partial charge in [-0.25, -0.2) is 10.8 Å². The summed E-state index contributed by atoms with van der Waals surface area (Å²) in [6.07, 6.45) is 1.45. The molecule has 8 nitrogen and oxygen atoms in total. The van der Waals surface area contributed by atoms with Crippen LogP contribution in [0.4, 0.5) is 0 Å². The molecule has 0 bridgehead atoms. The monoisotopic (exact) mass is 303 g/mol. The Balaban J connectivity index is 2.49. The predicted octanol–water partition coefficient (Wildman–Crippen LogP) is -0.555. The van der Waals surface area contributed by atoms with E-state index in [1.54, 1.807) is 16.7 Å². The third kappa shape index (κ3) is 2.96. The van der Waals surface area contributed by atoms with Crippen LogP contribution in [-0.4, -0.2) is 27.9 Å². The minimum atomic E-state index is -0.627. The number of aromatic nitrogens is 2. The van der Waals surface area contributed by atoms with Gasteiger partial charge in [0.2, 0.25) is 5.43 Å². The number of nitrogens with one attached hydrogen (secondary N) is 2. The van der Waals surface area contributed by atoms with Crippen molar-refractivity contribution >= 4 is 22.8 Å². The van der Waals surface area contributed by atoms with Crippen molar-refractivity contribution in [2.45, 2.75) is 20.4 Å². The summed E-state index contributed by atoms with van der Waals surface area (Å²) in [4.78, 5) is 39.9. The molecule has 0 aromatic carbocycles. The van der Waals surface area contributed by atoms with E-state index in [4.69, 9.17) is 5.84 Å². The molecule has 2 heterocycles. The van der Waals surface area contributed by atoms with Gasteiger partial charge in [0.05, 0.1) is 11.9 Å². The van der Waals surface area contributed by atoms with E-state index >= 15 is 0 Å². The molecule has 2 aromatic rings. The van der Waals surface area contributed by atoms with Crippen LogP contribution in [0.5, 0.6) is 0 Å². The summed E-state index contributed by atoms with van der Waals surface area (Å²) >= 11 is 0. The highest BCUT2D eigenvalue weighted by molar-refractivity contribution is 5.98. The lowest BCUT2D eigenvalue weighted by molar-refractivity contribution is -0.120. The maximum atomic E-state index is 12.4. The summed E-state index contributed by atoms with van der Waals surface area (Å²) in [5.74, 6) is 3.76. The first-order valence-electron chi connectivity index (χ1n) is 6.76. The number of nitrogens with zero attached hydrogens (tertiary/aromatic N) is 2. The number of rotatable bonds is 4. The van der Waals surface area contributed by atoms with Crippen LogP contribution >= 0.6 is 0 Å². The number of carbonyl (C=O) groups excluding carboxylic acids is 2. The van der Waals surface area contributed by atoms with Crippen molar-refractivity contribution < 1.29 is 9.59 Å². The average Bonchev–Trinajstić information content (AvgIpc) is 2.52. The molecule has 4 N–H and O–H groups in total. The zero-order valence-corrected chi connectivity index (χ0v) is 12.3. The lowest BCUT2D eigenvalue weighted by atomic mass is 10.1. The van der Waals surface area contributed by atoms with Gasteiger partial charge in [-0.15, -0.1) is 0 Å². The van der Waals surface area contributed by atoms with Gasteiger partial charge in [0, 0.05) is 18.4 Å². The van der Waals surface area contributed by atoms with Crippen molar-refractivity contribution in [2.24, 2.45) is 5.84 Å². The van der Waals surface area contributed by atoms with Crippen LogP contribution in [0.1, 0.15) is 23.0 Å². The number of pyridine rings is 2. The van der Waals surface area contributed by atoms with Gasteiger partial charge in [-0.05, 0) is 26.0 Å². The Labute approximate surface area is 126 Å². The van der Waals surface area contributed by atoms with Gasteiger partial charge in [0.1, 0.15) is 11.2 Å². The number of aryl methyl sites for hydroxylation is 2. The molecule has 2 rings (SSSR count). The average molecular weight is 303 g/mol. The van der Waals surface area contributed by atoms with E-state index in [1.165, 1.54) is 6.20 Å². The molecule has 2 aromatic heterocycles. The van der Waals surface area contributed by atoms with E-state index in [-0.39, 0.29) is 12.1 Å². The Hall–Kier alpha value is -2.74. The number of carbonyl (C=O) groups is 2. The van der Waals surface area contributed by atoms with Crippen LogP contribution in [0.2, 0.25) is 0 Å². The van der Waals surface area contributed by atoms with Gasteiger partial charge in [-0.2, -0.15) is 0 Å². The first-order chi connectivity index (χ1) is 10.5. The second kappa shape index (κ2) is 6.35. The standard InChI is InChI=1S/C14H17N5O3/c1-3-19-7-10(14(22)16-6-11(20)18-15)12(21)9-5-4-8(2)17-13(9)19/h4-5,7H,3,6,15H2,1-2H3,(H,16,22)(H,18,20). The first kappa shape index (κ1) is 15.6. The third-order valence-corrected chi connectivity index (χ3v) is 3.22. The van der Waals surface area contributed by atoms with E-state index < -0.39 is 17.2 Å². The molecule has 0 fully saturated rings. The topological polar surface area (TPSA) is 119 Å². The van der Waals surface area contributed by atoms with Crippen molar-refractivity contribution in [2.75, 3.05) is 6.54 Å². The number of hydrazine groups is 1. The Bertz CT molecular complexity index is 797. The van der Waals surface area contributed by atoms with Crippen molar-refractivity contribution in [1.29, 1.82) is 0 Å². The molecule has 22 heavy (non-hydrogen) atoms. The fourth-order valence-corrected chi connectivity index (χ4v) is 2.07. The zero-order valence-electron chi connectivity index (χ0n) is 12.3. The minimum absolute atomic E-state index is 0.0372. The van der Waals surface area contributed by atoms with Crippen molar-refractivity contribution in [1.82, 2.24) is 20.3 Å². The molecule has 0 aliphatic rings. The molecule has 0 aliphatic heterocycles. The first-order valence-corrected chi connectivity index (χ1v) is 6.76. The molecule has 116 valence electrons. The molecule has 0 saturated heterocycles. The van der Waals surface area contributed by atoms with Crippen molar-refractivity contribution in [3.63, 3.8) is 0 Å². The normalized spacial score (nSPS) is 10.5. The molecule has 8 heteroatoms. The highest BCUT2D eigenvalue weighted by atomic mass is 16.2. The quantitative estimate of drug-likeness (QED) is 0.397. The number of hydrogen-bond acceptors (Lipinski definition) is 5. The molecule has 0 atom stereocenters. The fraction of sp³-hybridized carbons (Fsp3) is 0.286. The van der Waals surface area contributed by atoms with Crippen LogP contribution in [0.15, 0.2) is 23.1 Å². The zero-order chi connectivity index (χ0) is 16.3. The van der Waals surface area contributed by atoms with E-state index in [1.807, 2.05) is 19.3 Å². The number of hydrogen-bond donors (Lipinski definition) is 3. The molecular formula is C14H17N5O3. The summed E-state index contributed by atoms with van der Waals surface area (Å²) in [5.41, 5.74) is 2.76. The minimum Gasteiger partial charge on any atom is -0.343 e. The van der Waals surface area contributed by atoms with Gasteiger partial charge in [-0.3, -0.25) is 19.8 Å². The van der Waals surface area contributed by atoms with Crippen LogP contribution in [-0.2, 0) is 11.3 Å². The van der Waals surface area contributed by atoms with E-state index in [2.05, 4.69) is 10.3 Å². The fourth-order valence-electron chi connectivity index (χ4n) is 2.07. The second-order valence-corrected chi connectivity index (χ2v) is 4.73. The van der Waals surface area contributed by atoms with Crippen molar-refractivity contribution in [3.8, 4) is 0 Å².